The van der Waals surface area contributed by atoms with Crippen molar-refractivity contribution in [2.24, 2.45) is 17.3 Å². The van der Waals surface area contributed by atoms with Gasteiger partial charge in [-0.25, -0.2) is 0 Å². The van der Waals surface area contributed by atoms with E-state index in [0.29, 0.717) is 18.1 Å². The van der Waals surface area contributed by atoms with Gasteiger partial charge in [-0.05, 0) is 44.2 Å². The van der Waals surface area contributed by atoms with Gasteiger partial charge in [0, 0.05) is 31.2 Å². The van der Waals surface area contributed by atoms with Crippen LogP contribution in [0.1, 0.15) is 53.9 Å². The third-order valence-electron chi connectivity index (χ3n) is 5.50. The second kappa shape index (κ2) is 7.43. The standard InChI is InChI=1S/C18H36N2O/c1-14(2)13-21-17-12-16(18(17,4)5)19-8-11-20-9-6-15(3)7-10-20/h14-17,19H,6-13H2,1-5H3. The lowest BCUT2D eigenvalue weighted by Gasteiger charge is -2.52. The van der Waals surface area contributed by atoms with Crippen molar-refractivity contribution in [2.45, 2.75) is 66.0 Å². The molecule has 2 atom stereocenters. The first kappa shape index (κ1) is 17.2. The van der Waals surface area contributed by atoms with Gasteiger partial charge in [0.05, 0.1) is 6.10 Å². The van der Waals surface area contributed by atoms with Crippen LogP contribution in [0.3, 0.4) is 0 Å². The Balaban J connectivity index is 1.61. The molecule has 21 heavy (non-hydrogen) atoms. The second-order valence-electron chi connectivity index (χ2n) is 8.30. The van der Waals surface area contributed by atoms with Crippen molar-refractivity contribution in [2.75, 3.05) is 32.8 Å². The van der Waals surface area contributed by atoms with E-state index >= 15 is 0 Å². The highest BCUT2D eigenvalue weighted by atomic mass is 16.5. The lowest BCUT2D eigenvalue weighted by atomic mass is 9.64. The molecule has 1 aliphatic heterocycles. The maximum absolute atomic E-state index is 6.04. The Bertz CT molecular complexity index is 308. The number of hydrogen-bond donors (Lipinski definition) is 1. The molecule has 0 aromatic rings. The van der Waals surface area contributed by atoms with Gasteiger partial charge in [0.15, 0.2) is 0 Å². The smallest absolute Gasteiger partial charge is 0.0656 e. The molecule has 0 radical (unpaired) electrons. The first-order valence-corrected chi connectivity index (χ1v) is 8.97. The zero-order valence-corrected chi connectivity index (χ0v) is 14.8. The summed E-state index contributed by atoms with van der Waals surface area (Å²) in [6.07, 6.45) is 4.37. The molecule has 1 N–H and O–H groups in total. The Kier molecular flexibility index (Phi) is 6.10. The Labute approximate surface area is 131 Å². The second-order valence-corrected chi connectivity index (χ2v) is 8.30. The van der Waals surface area contributed by atoms with Gasteiger partial charge < -0.3 is 15.0 Å². The predicted molar refractivity (Wildman–Crippen MR) is 89.6 cm³/mol. The summed E-state index contributed by atoms with van der Waals surface area (Å²) in [7, 11) is 0. The molecular weight excluding hydrogens is 260 g/mol. The molecule has 2 aliphatic rings. The third kappa shape index (κ3) is 4.67. The number of likely N-dealkylation sites (tertiary alicyclic amines) is 1. The molecule has 0 bridgehead atoms. The largest absolute Gasteiger partial charge is 0.377 e. The fourth-order valence-electron chi connectivity index (χ4n) is 3.51. The van der Waals surface area contributed by atoms with Crippen LogP contribution < -0.4 is 5.32 Å². The number of nitrogens with zero attached hydrogens (tertiary/aromatic N) is 1. The number of ether oxygens (including phenoxy) is 1. The van der Waals surface area contributed by atoms with E-state index in [4.69, 9.17) is 4.74 Å². The first-order chi connectivity index (χ1) is 9.89. The molecule has 3 heteroatoms. The summed E-state index contributed by atoms with van der Waals surface area (Å²) < 4.78 is 6.04. The molecule has 1 heterocycles. The van der Waals surface area contributed by atoms with E-state index < -0.39 is 0 Å². The van der Waals surface area contributed by atoms with Gasteiger partial charge in [-0.1, -0.05) is 34.6 Å². The maximum atomic E-state index is 6.04. The number of piperidine rings is 1. The summed E-state index contributed by atoms with van der Waals surface area (Å²) in [5.74, 6) is 1.56. The Morgan fingerprint density at radius 1 is 1.24 bits per heavy atom. The fraction of sp³-hybridized carbons (Fsp3) is 1.00. The fourth-order valence-corrected chi connectivity index (χ4v) is 3.51. The molecular formula is C18H36N2O. The topological polar surface area (TPSA) is 24.5 Å². The van der Waals surface area contributed by atoms with Gasteiger partial charge in [-0.3, -0.25) is 0 Å². The van der Waals surface area contributed by atoms with E-state index in [2.05, 4.69) is 44.8 Å². The Morgan fingerprint density at radius 3 is 2.48 bits per heavy atom. The minimum Gasteiger partial charge on any atom is -0.377 e. The molecule has 0 aromatic heterocycles. The molecule has 1 aliphatic carbocycles. The van der Waals surface area contributed by atoms with Crippen LogP contribution in [-0.2, 0) is 4.74 Å². The van der Waals surface area contributed by atoms with Crippen LogP contribution in [0.5, 0.6) is 0 Å². The minimum atomic E-state index is 0.283. The number of rotatable bonds is 7. The first-order valence-electron chi connectivity index (χ1n) is 8.97. The monoisotopic (exact) mass is 296 g/mol. The third-order valence-corrected chi connectivity index (χ3v) is 5.50. The molecule has 0 spiro atoms. The van der Waals surface area contributed by atoms with Crippen molar-refractivity contribution < 1.29 is 4.74 Å². The molecule has 0 amide bonds. The van der Waals surface area contributed by atoms with Crippen LogP contribution in [0.25, 0.3) is 0 Å². The van der Waals surface area contributed by atoms with Crippen LogP contribution in [0.2, 0.25) is 0 Å². The lowest BCUT2D eigenvalue weighted by molar-refractivity contribution is -0.123. The summed E-state index contributed by atoms with van der Waals surface area (Å²) >= 11 is 0. The average molecular weight is 296 g/mol. The van der Waals surface area contributed by atoms with E-state index in [1.54, 1.807) is 0 Å². The van der Waals surface area contributed by atoms with Gasteiger partial charge in [0.25, 0.3) is 0 Å². The molecule has 1 saturated carbocycles. The summed E-state index contributed by atoms with van der Waals surface area (Å²) in [4.78, 5) is 2.62. The minimum absolute atomic E-state index is 0.283. The molecule has 2 fully saturated rings. The van der Waals surface area contributed by atoms with E-state index in [0.717, 1.165) is 19.1 Å². The van der Waals surface area contributed by atoms with Gasteiger partial charge in [0.1, 0.15) is 0 Å². The predicted octanol–water partition coefficient (Wildman–Crippen LogP) is 3.15. The number of nitrogens with one attached hydrogen (secondary N) is 1. The quantitative estimate of drug-likeness (QED) is 0.781. The van der Waals surface area contributed by atoms with Crippen molar-refractivity contribution in [3.63, 3.8) is 0 Å². The summed E-state index contributed by atoms with van der Waals surface area (Å²) in [5, 5.41) is 3.76. The highest BCUT2D eigenvalue weighted by molar-refractivity contribution is 5.02. The van der Waals surface area contributed by atoms with E-state index in [-0.39, 0.29) is 5.41 Å². The molecule has 1 saturated heterocycles. The van der Waals surface area contributed by atoms with Crippen molar-refractivity contribution >= 4 is 0 Å². The molecule has 124 valence electrons. The van der Waals surface area contributed by atoms with E-state index in [9.17, 15) is 0 Å². The van der Waals surface area contributed by atoms with Gasteiger partial charge in [0.2, 0.25) is 0 Å². The van der Waals surface area contributed by atoms with Gasteiger partial charge in [-0.15, -0.1) is 0 Å². The van der Waals surface area contributed by atoms with Crippen molar-refractivity contribution in [3.05, 3.63) is 0 Å². The SMILES string of the molecule is CC(C)COC1CC(NCCN2CCC(C)CC2)C1(C)C. The average Bonchev–Trinajstić information content (AvgIpc) is 2.42. The van der Waals surface area contributed by atoms with E-state index in [1.165, 1.54) is 38.9 Å². The van der Waals surface area contributed by atoms with Crippen molar-refractivity contribution in [1.29, 1.82) is 0 Å². The lowest BCUT2D eigenvalue weighted by Crippen LogP contribution is -2.61. The van der Waals surface area contributed by atoms with E-state index in [1.807, 2.05) is 0 Å². The maximum Gasteiger partial charge on any atom is 0.0656 e. The van der Waals surface area contributed by atoms with Crippen LogP contribution in [-0.4, -0.2) is 49.8 Å². The van der Waals surface area contributed by atoms with Crippen LogP contribution in [0.4, 0.5) is 0 Å². The van der Waals surface area contributed by atoms with Crippen LogP contribution in [0.15, 0.2) is 0 Å². The molecule has 3 nitrogen and oxygen atoms in total. The summed E-state index contributed by atoms with van der Waals surface area (Å²) in [6.45, 7) is 17.3. The van der Waals surface area contributed by atoms with Crippen molar-refractivity contribution in [3.8, 4) is 0 Å². The van der Waals surface area contributed by atoms with Crippen LogP contribution >= 0.6 is 0 Å². The van der Waals surface area contributed by atoms with Gasteiger partial charge >= 0.3 is 0 Å². The molecule has 2 unspecified atom stereocenters. The highest BCUT2D eigenvalue weighted by Gasteiger charge is 2.48. The zero-order valence-electron chi connectivity index (χ0n) is 14.8. The van der Waals surface area contributed by atoms with Gasteiger partial charge in [-0.2, -0.15) is 0 Å². The van der Waals surface area contributed by atoms with Crippen LogP contribution in [0, 0.1) is 17.3 Å². The molecule has 2 rings (SSSR count). The molecule has 0 aromatic carbocycles. The zero-order chi connectivity index (χ0) is 15.5. The number of hydrogen-bond acceptors (Lipinski definition) is 3. The Hall–Kier alpha value is -0.120. The Morgan fingerprint density at radius 2 is 1.90 bits per heavy atom. The highest BCUT2D eigenvalue weighted by Crippen LogP contribution is 2.42. The summed E-state index contributed by atoms with van der Waals surface area (Å²) in [6, 6.07) is 0.623. The van der Waals surface area contributed by atoms with Crippen molar-refractivity contribution in [1.82, 2.24) is 10.2 Å². The normalized spacial score (nSPS) is 30.6. The summed E-state index contributed by atoms with van der Waals surface area (Å²) in [5.41, 5.74) is 0.283.